The normalized spacial score (nSPS) is 24.2. The summed E-state index contributed by atoms with van der Waals surface area (Å²) in [4.78, 5) is 12.2. The molecule has 2 rings (SSSR count). The largest absolute Gasteiger partial charge is 0.349 e. The van der Waals surface area contributed by atoms with Crippen molar-refractivity contribution in [3.63, 3.8) is 0 Å². The second-order valence-corrected chi connectivity index (χ2v) is 5.35. The first-order valence-electron chi connectivity index (χ1n) is 6.39. The Hall–Kier alpha value is -1.49. The number of benzene rings is 1. The van der Waals surface area contributed by atoms with Crippen molar-refractivity contribution in [2.24, 2.45) is 5.41 Å². The van der Waals surface area contributed by atoms with Crippen molar-refractivity contribution in [2.45, 2.75) is 26.3 Å². The Balaban J connectivity index is 2.10. The lowest BCUT2D eigenvalue weighted by molar-refractivity contribution is -0.129. The molecule has 0 radical (unpaired) electrons. The lowest BCUT2D eigenvalue weighted by Crippen LogP contribution is -2.41. The van der Waals surface area contributed by atoms with Crippen LogP contribution in [0.15, 0.2) is 18.2 Å². The Bertz CT molecular complexity index is 484. The SMILES string of the molecule is CC(NC(=O)C1(C)CCNC1)c1cc(F)ccc1F. The Labute approximate surface area is 111 Å². The van der Waals surface area contributed by atoms with E-state index in [1.807, 2.05) is 6.92 Å². The minimum atomic E-state index is -0.555. The van der Waals surface area contributed by atoms with Crippen LogP contribution in [0, 0.1) is 17.0 Å². The monoisotopic (exact) mass is 268 g/mol. The van der Waals surface area contributed by atoms with Gasteiger partial charge in [0.15, 0.2) is 0 Å². The van der Waals surface area contributed by atoms with Gasteiger partial charge in [0.1, 0.15) is 11.6 Å². The van der Waals surface area contributed by atoms with Crippen LogP contribution in [-0.2, 0) is 4.79 Å². The van der Waals surface area contributed by atoms with E-state index in [1.54, 1.807) is 6.92 Å². The van der Waals surface area contributed by atoms with Gasteiger partial charge in [-0.15, -0.1) is 0 Å². The second kappa shape index (κ2) is 5.25. The van der Waals surface area contributed by atoms with E-state index in [2.05, 4.69) is 10.6 Å². The molecule has 1 saturated heterocycles. The van der Waals surface area contributed by atoms with Crippen molar-refractivity contribution in [3.05, 3.63) is 35.4 Å². The molecule has 0 aliphatic carbocycles. The number of rotatable bonds is 3. The molecule has 1 amide bonds. The molecule has 5 heteroatoms. The van der Waals surface area contributed by atoms with Crippen LogP contribution in [0.5, 0.6) is 0 Å². The highest BCUT2D eigenvalue weighted by Gasteiger charge is 2.36. The van der Waals surface area contributed by atoms with Gasteiger partial charge in [-0.05, 0) is 45.0 Å². The number of carbonyl (C=O) groups is 1. The molecule has 0 aromatic heterocycles. The molecule has 0 spiro atoms. The standard InChI is InChI=1S/C14H18F2N2O/c1-9(11-7-10(15)3-4-12(11)16)18-13(19)14(2)5-6-17-8-14/h3-4,7,9,17H,5-6,8H2,1-2H3,(H,18,19). The van der Waals surface area contributed by atoms with Crippen molar-refractivity contribution < 1.29 is 13.6 Å². The Kier molecular flexibility index (Phi) is 3.85. The molecular formula is C14H18F2N2O. The van der Waals surface area contributed by atoms with E-state index in [4.69, 9.17) is 0 Å². The van der Waals surface area contributed by atoms with E-state index < -0.39 is 23.1 Å². The highest BCUT2D eigenvalue weighted by atomic mass is 19.1. The quantitative estimate of drug-likeness (QED) is 0.882. The van der Waals surface area contributed by atoms with Crippen molar-refractivity contribution in [2.75, 3.05) is 13.1 Å². The van der Waals surface area contributed by atoms with Crippen LogP contribution < -0.4 is 10.6 Å². The molecule has 104 valence electrons. The summed E-state index contributed by atoms with van der Waals surface area (Å²) in [6, 6.07) is 2.71. The summed E-state index contributed by atoms with van der Waals surface area (Å²) in [5.41, 5.74) is -0.305. The van der Waals surface area contributed by atoms with Crippen molar-refractivity contribution in [1.82, 2.24) is 10.6 Å². The van der Waals surface area contributed by atoms with Crippen LogP contribution >= 0.6 is 0 Å². The van der Waals surface area contributed by atoms with E-state index >= 15 is 0 Å². The lowest BCUT2D eigenvalue weighted by atomic mass is 9.88. The van der Waals surface area contributed by atoms with E-state index in [9.17, 15) is 13.6 Å². The molecule has 0 saturated carbocycles. The average molecular weight is 268 g/mol. The fraction of sp³-hybridized carbons (Fsp3) is 0.500. The molecule has 0 bridgehead atoms. The van der Waals surface area contributed by atoms with E-state index in [0.717, 1.165) is 31.2 Å². The summed E-state index contributed by atoms with van der Waals surface area (Å²) in [6.45, 7) is 4.93. The van der Waals surface area contributed by atoms with Gasteiger partial charge in [-0.3, -0.25) is 4.79 Å². The molecule has 1 aromatic carbocycles. The molecule has 1 fully saturated rings. The minimum absolute atomic E-state index is 0.131. The van der Waals surface area contributed by atoms with Gasteiger partial charge in [0.2, 0.25) is 5.91 Å². The van der Waals surface area contributed by atoms with Gasteiger partial charge >= 0.3 is 0 Å². The molecule has 2 N–H and O–H groups in total. The summed E-state index contributed by atoms with van der Waals surface area (Å²) < 4.78 is 26.7. The van der Waals surface area contributed by atoms with Gasteiger partial charge in [0.25, 0.3) is 0 Å². The maximum absolute atomic E-state index is 13.6. The van der Waals surface area contributed by atoms with Gasteiger partial charge in [0.05, 0.1) is 11.5 Å². The zero-order chi connectivity index (χ0) is 14.0. The maximum Gasteiger partial charge on any atom is 0.227 e. The van der Waals surface area contributed by atoms with Crippen LogP contribution in [0.3, 0.4) is 0 Å². The molecule has 1 aliphatic heterocycles. The number of amides is 1. The van der Waals surface area contributed by atoms with Gasteiger partial charge in [-0.25, -0.2) is 8.78 Å². The Morgan fingerprint density at radius 2 is 2.21 bits per heavy atom. The number of halogens is 2. The first-order valence-corrected chi connectivity index (χ1v) is 6.39. The summed E-state index contributed by atoms with van der Waals surface area (Å²) >= 11 is 0. The van der Waals surface area contributed by atoms with E-state index in [0.29, 0.717) is 6.54 Å². The molecule has 1 heterocycles. The molecule has 19 heavy (non-hydrogen) atoms. The fourth-order valence-electron chi connectivity index (χ4n) is 2.31. The van der Waals surface area contributed by atoms with Crippen molar-refractivity contribution in [3.8, 4) is 0 Å². The predicted octanol–water partition coefficient (Wildman–Crippen LogP) is 2.14. The maximum atomic E-state index is 13.6. The number of hydrogen-bond acceptors (Lipinski definition) is 2. The summed E-state index contributed by atoms with van der Waals surface area (Å²) in [5.74, 6) is -1.15. The topological polar surface area (TPSA) is 41.1 Å². The molecule has 2 unspecified atom stereocenters. The zero-order valence-corrected chi connectivity index (χ0v) is 11.1. The second-order valence-electron chi connectivity index (χ2n) is 5.35. The van der Waals surface area contributed by atoms with Crippen LogP contribution in [0.2, 0.25) is 0 Å². The van der Waals surface area contributed by atoms with Crippen molar-refractivity contribution in [1.29, 1.82) is 0 Å². The smallest absolute Gasteiger partial charge is 0.227 e. The van der Waals surface area contributed by atoms with Gasteiger partial charge in [-0.1, -0.05) is 0 Å². The number of nitrogens with one attached hydrogen (secondary N) is 2. The average Bonchev–Trinajstić information content (AvgIpc) is 2.80. The molecular weight excluding hydrogens is 250 g/mol. The Morgan fingerprint density at radius 1 is 1.47 bits per heavy atom. The predicted molar refractivity (Wildman–Crippen MR) is 68.5 cm³/mol. The lowest BCUT2D eigenvalue weighted by Gasteiger charge is -2.25. The highest BCUT2D eigenvalue weighted by Crippen LogP contribution is 2.26. The molecule has 3 nitrogen and oxygen atoms in total. The summed E-state index contributed by atoms with van der Waals surface area (Å²) in [5, 5.41) is 5.89. The summed E-state index contributed by atoms with van der Waals surface area (Å²) in [6.07, 6.45) is 0.747. The van der Waals surface area contributed by atoms with Gasteiger partial charge in [0, 0.05) is 12.1 Å². The highest BCUT2D eigenvalue weighted by molar-refractivity contribution is 5.83. The third kappa shape index (κ3) is 2.92. The van der Waals surface area contributed by atoms with Crippen molar-refractivity contribution >= 4 is 5.91 Å². The van der Waals surface area contributed by atoms with E-state index in [-0.39, 0.29) is 11.5 Å². The number of carbonyl (C=O) groups excluding carboxylic acids is 1. The first kappa shape index (κ1) is 13.9. The van der Waals surface area contributed by atoms with Gasteiger partial charge in [-0.2, -0.15) is 0 Å². The third-order valence-electron chi connectivity index (χ3n) is 3.69. The van der Waals surface area contributed by atoms with Crippen LogP contribution in [0.4, 0.5) is 8.78 Å². The molecule has 1 aliphatic rings. The van der Waals surface area contributed by atoms with Crippen LogP contribution in [0.25, 0.3) is 0 Å². The van der Waals surface area contributed by atoms with Gasteiger partial charge < -0.3 is 10.6 Å². The first-order chi connectivity index (χ1) is 8.92. The van der Waals surface area contributed by atoms with Crippen LogP contribution in [-0.4, -0.2) is 19.0 Å². The minimum Gasteiger partial charge on any atom is -0.349 e. The zero-order valence-electron chi connectivity index (χ0n) is 11.1. The van der Waals surface area contributed by atoms with Crippen LogP contribution in [0.1, 0.15) is 31.9 Å². The molecule has 2 atom stereocenters. The summed E-state index contributed by atoms with van der Waals surface area (Å²) in [7, 11) is 0. The molecule has 1 aromatic rings. The third-order valence-corrected chi connectivity index (χ3v) is 3.69. The Morgan fingerprint density at radius 3 is 2.84 bits per heavy atom. The number of hydrogen-bond donors (Lipinski definition) is 2. The fourth-order valence-corrected chi connectivity index (χ4v) is 2.31. The van der Waals surface area contributed by atoms with E-state index in [1.165, 1.54) is 0 Å².